The molecular formula is C20H25NO3S. The number of amides is 1. The van der Waals surface area contributed by atoms with Gasteiger partial charge in [-0.2, -0.15) is 0 Å². The molecule has 0 fully saturated rings. The Balaban J connectivity index is 2.29. The summed E-state index contributed by atoms with van der Waals surface area (Å²) in [6, 6.07) is 7.55. The number of aryl methyl sites for hydroxylation is 1. The zero-order valence-electron chi connectivity index (χ0n) is 15.4. The van der Waals surface area contributed by atoms with Gasteiger partial charge in [-0.05, 0) is 49.4 Å². The smallest absolute Gasteiger partial charge is 0.341 e. The quantitative estimate of drug-likeness (QED) is 0.724. The molecule has 0 saturated heterocycles. The van der Waals surface area contributed by atoms with Crippen LogP contribution in [-0.2, 0) is 11.2 Å². The maximum atomic E-state index is 12.6. The van der Waals surface area contributed by atoms with Crippen molar-refractivity contribution in [3.8, 4) is 0 Å². The second-order valence-corrected chi connectivity index (χ2v) is 7.37. The van der Waals surface area contributed by atoms with Gasteiger partial charge in [0.25, 0.3) is 5.91 Å². The molecule has 134 valence electrons. The van der Waals surface area contributed by atoms with E-state index in [2.05, 4.69) is 19.2 Å². The van der Waals surface area contributed by atoms with E-state index in [1.165, 1.54) is 16.9 Å². The van der Waals surface area contributed by atoms with Crippen LogP contribution in [0.25, 0.3) is 0 Å². The summed E-state index contributed by atoms with van der Waals surface area (Å²) in [6.45, 7) is 10.3. The predicted molar refractivity (Wildman–Crippen MR) is 103 cm³/mol. The first-order valence-electron chi connectivity index (χ1n) is 8.59. The highest BCUT2D eigenvalue weighted by molar-refractivity contribution is 7.16. The highest BCUT2D eigenvalue weighted by atomic mass is 32.1. The third kappa shape index (κ3) is 4.28. The molecule has 0 aliphatic rings. The van der Waals surface area contributed by atoms with E-state index in [4.69, 9.17) is 4.74 Å². The van der Waals surface area contributed by atoms with Crippen molar-refractivity contribution in [3.63, 3.8) is 0 Å². The van der Waals surface area contributed by atoms with Crippen LogP contribution in [0.2, 0.25) is 0 Å². The number of hydrogen-bond acceptors (Lipinski definition) is 4. The van der Waals surface area contributed by atoms with Crippen molar-refractivity contribution in [1.29, 1.82) is 0 Å². The molecule has 0 aliphatic heterocycles. The van der Waals surface area contributed by atoms with Gasteiger partial charge in [0, 0.05) is 10.4 Å². The molecule has 1 aromatic carbocycles. The third-order valence-corrected chi connectivity index (χ3v) is 5.17. The maximum Gasteiger partial charge on any atom is 0.341 e. The zero-order valence-corrected chi connectivity index (χ0v) is 16.3. The van der Waals surface area contributed by atoms with Gasteiger partial charge in [0.2, 0.25) is 0 Å². The topological polar surface area (TPSA) is 55.4 Å². The molecule has 2 rings (SSSR count). The fourth-order valence-electron chi connectivity index (χ4n) is 2.71. The molecular weight excluding hydrogens is 334 g/mol. The number of carbonyl (C=O) groups is 2. The Kier molecular flexibility index (Phi) is 6.37. The second kappa shape index (κ2) is 8.30. The van der Waals surface area contributed by atoms with Crippen LogP contribution in [0, 0.1) is 6.92 Å². The van der Waals surface area contributed by atoms with Gasteiger partial charge in [-0.3, -0.25) is 4.79 Å². The molecule has 0 bridgehead atoms. The third-order valence-electron chi connectivity index (χ3n) is 4.11. The molecule has 4 nitrogen and oxygen atoms in total. The van der Waals surface area contributed by atoms with Gasteiger partial charge in [-0.25, -0.2) is 4.79 Å². The maximum absolute atomic E-state index is 12.6. The van der Waals surface area contributed by atoms with Gasteiger partial charge in [0.15, 0.2) is 0 Å². The highest BCUT2D eigenvalue weighted by Gasteiger charge is 2.23. The van der Waals surface area contributed by atoms with E-state index in [-0.39, 0.29) is 11.9 Å². The molecule has 5 heteroatoms. The number of benzene rings is 1. The van der Waals surface area contributed by atoms with E-state index < -0.39 is 0 Å². The molecule has 0 atom stereocenters. The van der Waals surface area contributed by atoms with Crippen molar-refractivity contribution in [1.82, 2.24) is 0 Å². The molecule has 1 aromatic heterocycles. The predicted octanol–water partition coefficient (Wildman–Crippen LogP) is 5.17. The van der Waals surface area contributed by atoms with E-state index in [9.17, 15) is 9.59 Å². The molecule has 2 aromatic rings. The summed E-state index contributed by atoms with van der Waals surface area (Å²) < 4.78 is 5.17. The SMILES string of the molecule is CCOC(=O)c1c(NC(=O)c2ccc(C(C)C)cc2)sc(C)c1CC. The minimum absolute atomic E-state index is 0.218. The number of thiophene rings is 1. The standard InChI is InChI=1S/C20H25NO3S/c1-6-16-13(5)25-19(17(16)20(23)24-7-2)21-18(22)15-10-8-14(9-11-15)12(3)4/h8-12H,6-7H2,1-5H3,(H,21,22). The fourth-order valence-corrected chi connectivity index (χ4v) is 3.83. The van der Waals surface area contributed by atoms with Crippen molar-refractivity contribution < 1.29 is 14.3 Å². The highest BCUT2D eigenvalue weighted by Crippen LogP contribution is 2.34. The second-order valence-electron chi connectivity index (χ2n) is 6.15. The number of rotatable bonds is 6. The first-order valence-corrected chi connectivity index (χ1v) is 9.41. The van der Waals surface area contributed by atoms with Crippen LogP contribution < -0.4 is 5.32 Å². The van der Waals surface area contributed by atoms with Gasteiger partial charge in [-0.15, -0.1) is 11.3 Å². The molecule has 1 heterocycles. The molecule has 25 heavy (non-hydrogen) atoms. The van der Waals surface area contributed by atoms with E-state index in [0.717, 1.165) is 16.9 Å². The van der Waals surface area contributed by atoms with Crippen molar-refractivity contribution in [2.75, 3.05) is 11.9 Å². The number of ether oxygens (including phenoxy) is 1. The largest absolute Gasteiger partial charge is 0.462 e. The van der Waals surface area contributed by atoms with E-state index in [1.54, 1.807) is 6.92 Å². The summed E-state index contributed by atoms with van der Waals surface area (Å²) in [6.07, 6.45) is 0.718. The Hall–Kier alpha value is -2.14. The van der Waals surface area contributed by atoms with Crippen molar-refractivity contribution >= 4 is 28.2 Å². The first kappa shape index (κ1) is 19.2. The average Bonchev–Trinajstić information content (AvgIpc) is 2.90. The molecule has 0 radical (unpaired) electrons. The summed E-state index contributed by atoms with van der Waals surface area (Å²) in [4.78, 5) is 25.9. The minimum Gasteiger partial charge on any atom is -0.462 e. The monoisotopic (exact) mass is 359 g/mol. The van der Waals surface area contributed by atoms with Crippen molar-refractivity contribution in [3.05, 3.63) is 51.4 Å². The summed E-state index contributed by atoms with van der Waals surface area (Å²) in [7, 11) is 0. The molecule has 0 saturated carbocycles. The van der Waals surface area contributed by atoms with Gasteiger partial charge in [0.05, 0.1) is 12.2 Å². The van der Waals surface area contributed by atoms with E-state index in [0.29, 0.717) is 28.7 Å². The van der Waals surface area contributed by atoms with Crippen molar-refractivity contribution in [2.24, 2.45) is 0 Å². The lowest BCUT2D eigenvalue weighted by Gasteiger charge is -2.09. The Morgan fingerprint density at radius 3 is 2.32 bits per heavy atom. The normalized spacial score (nSPS) is 10.8. The zero-order chi connectivity index (χ0) is 18.6. The Bertz CT molecular complexity index is 760. The summed E-state index contributed by atoms with van der Waals surface area (Å²) in [5, 5.41) is 3.45. The molecule has 1 N–H and O–H groups in total. The van der Waals surface area contributed by atoms with Crippen LogP contribution in [0.3, 0.4) is 0 Å². The lowest BCUT2D eigenvalue weighted by atomic mass is 10.0. The van der Waals surface area contributed by atoms with E-state index >= 15 is 0 Å². The molecule has 0 spiro atoms. The van der Waals surface area contributed by atoms with Gasteiger partial charge < -0.3 is 10.1 Å². The van der Waals surface area contributed by atoms with Gasteiger partial charge in [0.1, 0.15) is 5.00 Å². The Morgan fingerprint density at radius 2 is 1.80 bits per heavy atom. The number of nitrogens with one attached hydrogen (secondary N) is 1. The Labute approximate surface area is 153 Å². The number of hydrogen-bond donors (Lipinski definition) is 1. The van der Waals surface area contributed by atoms with Crippen LogP contribution in [0.15, 0.2) is 24.3 Å². The number of anilines is 1. The average molecular weight is 359 g/mol. The molecule has 0 unspecified atom stereocenters. The van der Waals surface area contributed by atoms with Crippen LogP contribution in [0.1, 0.15) is 70.3 Å². The van der Waals surface area contributed by atoms with Crippen LogP contribution >= 0.6 is 11.3 Å². The fraction of sp³-hybridized carbons (Fsp3) is 0.400. The van der Waals surface area contributed by atoms with Gasteiger partial charge in [-0.1, -0.05) is 32.9 Å². The minimum atomic E-state index is -0.380. The molecule has 0 aliphatic carbocycles. The van der Waals surface area contributed by atoms with Crippen LogP contribution in [-0.4, -0.2) is 18.5 Å². The van der Waals surface area contributed by atoms with Crippen LogP contribution in [0.4, 0.5) is 5.00 Å². The first-order chi connectivity index (χ1) is 11.9. The molecule has 1 amide bonds. The van der Waals surface area contributed by atoms with Crippen molar-refractivity contribution in [2.45, 2.75) is 47.0 Å². The van der Waals surface area contributed by atoms with E-state index in [1.807, 2.05) is 38.1 Å². The lowest BCUT2D eigenvalue weighted by Crippen LogP contribution is -2.15. The number of carbonyl (C=O) groups excluding carboxylic acids is 2. The summed E-state index contributed by atoms with van der Waals surface area (Å²) in [5.74, 6) is -0.182. The van der Waals surface area contributed by atoms with Crippen LogP contribution in [0.5, 0.6) is 0 Å². The van der Waals surface area contributed by atoms with Gasteiger partial charge >= 0.3 is 5.97 Å². The summed E-state index contributed by atoms with van der Waals surface area (Å²) >= 11 is 1.42. The lowest BCUT2D eigenvalue weighted by molar-refractivity contribution is 0.0527. The number of esters is 1. The Morgan fingerprint density at radius 1 is 1.16 bits per heavy atom. The summed E-state index contributed by atoms with van der Waals surface area (Å²) in [5.41, 5.74) is 3.18.